The highest BCUT2D eigenvalue weighted by atomic mass is 19.1. The molecule has 0 aromatic carbocycles. The van der Waals surface area contributed by atoms with E-state index in [4.69, 9.17) is 0 Å². The first kappa shape index (κ1) is 9.62. The van der Waals surface area contributed by atoms with E-state index in [0.717, 1.165) is 6.08 Å². The minimum absolute atomic E-state index is 0.0892. The van der Waals surface area contributed by atoms with Crippen molar-refractivity contribution in [3.63, 3.8) is 0 Å². The number of carbonyl (C=O) groups excluding carboxylic acids is 1. The summed E-state index contributed by atoms with van der Waals surface area (Å²) in [5.41, 5.74) is 0.0892. The molecule has 2 nitrogen and oxygen atoms in total. The number of methoxy groups -OCH3 is 1. The molecule has 0 bridgehead atoms. The molecule has 0 rings (SSSR count). The van der Waals surface area contributed by atoms with Crippen LogP contribution in [0.25, 0.3) is 0 Å². The lowest BCUT2D eigenvalue weighted by Crippen LogP contribution is -2.00. The van der Waals surface area contributed by atoms with E-state index in [1.165, 1.54) is 13.2 Å². The maximum atomic E-state index is 12.0. The molecule has 0 amide bonds. The first-order valence-electron chi connectivity index (χ1n) is 2.87. The van der Waals surface area contributed by atoms with E-state index in [2.05, 4.69) is 17.9 Å². The van der Waals surface area contributed by atoms with Gasteiger partial charge in [-0.1, -0.05) is 13.2 Å². The zero-order valence-corrected chi connectivity index (χ0v) is 6.26. The maximum Gasteiger partial charge on any atom is 0.337 e. The molecule has 0 unspecified atom stereocenters. The number of hydrogen-bond donors (Lipinski definition) is 0. The van der Waals surface area contributed by atoms with E-state index in [1.807, 2.05) is 0 Å². The quantitative estimate of drug-likeness (QED) is 0.353. The number of hydrogen-bond acceptors (Lipinski definition) is 2. The number of allylic oxidation sites excluding steroid dienone is 2. The van der Waals surface area contributed by atoms with Crippen molar-refractivity contribution in [2.75, 3.05) is 7.11 Å². The summed E-state index contributed by atoms with van der Waals surface area (Å²) in [4.78, 5) is 10.6. The standard InChI is InChI=1S/C8H9FO2/c1-6(8(10)11-3)4-5-7(2)9/h4-5H,1-2H2,3H3/b5-4-. The highest BCUT2D eigenvalue weighted by Crippen LogP contribution is 2.00. The van der Waals surface area contributed by atoms with Gasteiger partial charge in [-0.25, -0.2) is 9.18 Å². The topological polar surface area (TPSA) is 26.3 Å². The summed E-state index contributed by atoms with van der Waals surface area (Å²) in [5, 5.41) is 0. The second-order valence-electron chi connectivity index (χ2n) is 1.80. The van der Waals surface area contributed by atoms with Crippen molar-refractivity contribution in [2.24, 2.45) is 0 Å². The Labute approximate surface area is 64.7 Å². The molecule has 0 aliphatic carbocycles. The van der Waals surface area contributed by atoms with Crippen LogP contribution in [0.15, 0.2) is 36.7 Å². The van der Waals surface area contributed by atoms with Crippen LogP contribution in [0.5, 0.6) is 0 Å². The largest absolute Gasteiger partial charge is 0.465 e. The predicted molar refractivity (Wildman–Crippen MR) is 40.5 cm³/mol. The first-order chi connectivity index (χ1) is 5.07. The Morgan fingerprint density at radius 2 is 2.00 bits per heavy atom. The van der Waals surface area contributed by atoms with Crippen molar-refractivity contribution in [2.45, 2.75) is 0 Å². The maximum absolute atomic E-state index is 12.0. The summed E-state index contributed by atoms with van der Waals surface area (Å²) in [7, 11) is 1.23. The van der Waals surface area contributed by atoms with E-state index in [9.17, 15) is 9.18 Å². The monoisotopic (exact) mass is 156 g/mol. The summed E-state index contributed by atoms with van der Waals surface area (Å²) in [6.45, 7) is 6.29. The van der Waals surface area contributed by atoms with Gasteiger partial charge < -0.3 is 4.74 Å². The highest BCUT2D eigenvalue weighted by molar-refractivity contribution is 5.90. The number of esters is 1. The third-order valence-electron chi connectivity index (χ3n) is 0.913. The minimum atomic E-state index is -0.630. The van der Waals surface area contributed by atoms with Crippen LogP contribution in [0, 0.1) is 0 Å². The van der Waals surface area contributed by atoms with Gasteiger partial charge in [0, 0.05) is 0 Å². The van der Waals surface area contributed by atoms with Gasteiger partial charge in [-0.2, -0.15) is 0 Å². The zero-order chi connectivity index (χ0) is 8.85. The van der Waals surface area contributed by atoms with E-state index in [0.29, 0.717) is 0 Å². The Kier molecular flexibility index (Phi) is 3.88. The van der Waals surface area contributed by atoms with Crippen LogP contribution < -0.4 is 0 Å². The molecule has 0 heterocycles. The molecule has 0 aliphatic rings. The van der Waals surface area contributed by atoms with Gasteiger partial charge >= 0.3 is 5.97 Å². The second-order valence-corrected chi connectivity index (χ2v) is 1.80. The Morgan fingerprint density at radius 1 is 1.45 bits per heavy atom. The number of rotatable bonds is 3. The van der Waals surface area contributed by atoms with Crippen LogP contribution in [0.4, 0.5) is 4.39 Å². The van der Waals surface area contributed by atoms with Gasteiger partial charge in [0.2, 0.25) is 0 Å². The molecule has 0 fully saturated rings. The molecular weight excluding hydrogens is 147 g/mol. The summed E-state index contributed by atoms with van der Waals surface area (Å²) in [5.74, 6) is -1.21. The van der Waals surface area contributed by atoms with Crippen LogP contribution in [0.1, 0.15) is 0 Å². The Balaban J connectivity index is 4.08. The molecular formula is C8H9FO2. The van der Waals surface area contributed by atoms with Crippen molar-refractivity contribution in [3.8, 4) is 0 Å². The average Bonchev–Trinajstić information content (AvgIpc) is 1.98. The molecule has 0 atom stereocenters. The molecule has 0 aromatic rings. The Hall–Kier alpha value is -1.38. The zero-order valence-electron chi connectivity index (χ0n) is 6.26. The van der Waals surface area contributed by atoms with E-state index >= 15 is 0 Å². The summed E-state index contributed by atoms with van der Waals surface area (Å²) < 4.78 is 16.3. The summed E-state index contributed by atoms with van der Waals surface area (Å²) in [6.07, 6.45) is 2.24. The molecule has 0 aromatic heterocycles. The van der Waals surface area contributed by atoms with Gasteiger partial charge in [-0.15, -0.1) is 0 Å². The average molecular weight is 156 g/mol. The van der Waals surface area contributed by atoms with Gasteiger partial charge in [-0.05, 0) is 12.2 Å². The lowest BCUT2D eigenvalue weighted by atomic mass is 10.3. The third kappa shape index (κ3) is 4.08. The van der Waals surface area contributed by atoms with Gasteiger partial charge in [0.1, 0.15) is 5.83 Å². The number of carbonyl (C=O) groups is 1. The normalized spacial score (nSPS) is 9.64. The van der Waals surface area contributed by atoms with Crippen molar-refractivity contribution in [3.05, 3.63) is 36.7 Å². The Bertz CT molecular complexity index is 216. The predicted octanol–water partition coefficient (Wildman–Crippen LogP) is 1.75. The fourth-order valence-corrected chi connectivity index (χ4v) is 0.390. The SMILES string of the molecule is C=C(F)/C=C\C(=C)C(=O)OC. The van der Waals surface area contributed by atoms with E-state index < -0.39 is 11.8 Å². The minimum Gasteiger partial charge on any atom is -0.465 e. The number of halogens is 1. The third-order valence-corrected chi connectivity index (χ3v) is 0.913. The van der Waals surface area contributed by atoms with Crippen LogP contribution in [-0.2, 0) is 9.53 Å². The van der Waals surface area contributed by atoms with Crippen LogP contribution in [-0.4, -0.2) is 13.1 Å². The smallest absolute Gasteiger partial charge is 0.337 e. The van der Waals surface area contributed by atoms with Crippen molar-refractivity contribution < 1.29 is 13.9 Å². The first-order valence-corrected chi connectivity index (χ1v) is 2.87. The van der Waals surface area contributed by atoms with Crippen LogP contribution in [0.3, 0.4) is 0 Å². The van der Waals surface area contributed by atoms with Crippen LogP contribution >= 0.6 is 0 Å². The molecule has 0 aliphatic heterocycles. The molecule has 0 N–H and O–H groups in total. The van der Waals surface area contributed by atoms with Gasteiger partial charge in [0.15, 0.2) is 0 Å². The Morgan fingerprint density at radius 3 is 2.36 bits per heavy atom. The van der Waals surface area contributed by atoms with E-state index in [-0.39, 0.29) is 5.57 Å². The number of ether oxygens (including phenoxy) is 1. The molecule has 0 radical (unpaired) electrons. The van der Waals surface area contributed by atoms with E-state index in [1.54, 1.807) is 0 Å². The molecule has 0 saturated carbocycles. The molecule has 11 heavy (non-hydrogen) atoms. The molecule has 60 valence electrons. The van der Waals surface area contributed by atoms with Crippen molar-refractivity contribution in [1.82, 2.24) is 0 Å². The van der Waals surface area contributed by atoms with Gasteiger partial charge in [0.05, 0.1) is 12.7 Å². The van der Waals surface area contributed by atoms with Crippen LogP contribution in [0.2, 0.25) is 0 Å². The second kappa shape index (κ2) is 4.44. The summed E-state index contributed by atoms with van der Waals surface area (Å²) >= 11 is 0. The molecule has 0 saturated heterocycles. The fraction of sp³-hybridized carbons (Fsp3) is 0.125. The summed E-state index contributed by atoms with van der Waals surface area (Å²) in [6, 6.07) is 0. The fourth-order valence-electron chi connectivity index (χ4n) is 0.390. The highest BCUT2D eigenvalue weighted by Gasteiger charge is 2.00. The lowest BCUT2D eigenvalue weighted by molar-refractivity contribution is -0.135. The molecule has 0 spiro atoms. The van der Waals surface area contributed by atoms with Gasteiger partial charge in [0.25, 0.3) is 0 Å². The van der Waals surface area contributed by atoms with Crippen molar-refractivity contribution >= 4 is 5.97 Å². The molecule has 3 heteroatoms. The lowest BCUT2D eigenvalue weighted by Gasteiger charge is -1.94. The van der Waals surface area contributed by atoms with Gasteiger partial charge in [-0.3, -0.25) is 0 Å². The van der Waals surface area contributed by atoms with Crippen molar-refractivity contribution in [1.29, 1.82) is 0 Å².